The van der Waals surface area contributed by atoms with Crippen LogP contribution in [0, 0.1) is 19.8 Å². The van der Waals surface area contributed by atoms with Crippen molar-refractivity contribution in [1.82, 2.24) is 19.4 Å². The average molecular weight is 493 g/mol. The zero-order valence-electron chi connectivity index (χ0n) is 21.9. The Bertz CT molecular complexity index is 831. The molecule has 1 N–H and O–H groups in total. The van der Waals surface area contributed by atoms with Gasteiger partial charge < -0.3 is 19.9 Å². The van der Waals surface area contributed by atoms with Crippen LogP contribution < -0.4 is 10.1 Å². The number of methoxy groups -OCH3 is 1. The minimum absolute atomic E-state index is 0.0591. The van der Waals surface area contributed by atoms with Crippen LogP contribution in [0.4, 0.5) is 0 Å². The summed E-state index contributed by atoms with van der Waals surface area (Å²) in [5.74, 6) is 1.58. The first kappa shape index (κ1) is 27.1. The molecule has 2 unspecified atom stereocenters. The predicted molar refractivity (Wildman–Crippen MR) is 139 cm³/mol. The number of likely N-dealkylation sites (N-methyl/N-ethyl adjacent to an activating group) is 1. The van der Waals surface area contributed by atoms with E-state index in [1.54, 1.807) is 11.4 Å². The lowest BCUT2D eigenvalue weighted by Crippen LogP contribution is -2.41. The fourth-order valence-corrected chi connectivity index (χ4v) is 6.59. The third-order valence-electron chi connectivity index (χ3n) is 7.49. The van der Waals surface area contributed by atoms with Crippen molar-refractivity contribution >= 4 is 16.9 Å². The van der Waals surface area contributed by atoms with Crippen molar-refractivity contribution in [3.8, 4) is 5.75 Å². The van der Waals surface area contributed by atoms with Gasteiger partial charge in [-0.05, 0) is 95.8 Å². The fourth-order valence-electron chi connectivity index (χ4n) is 5.36. The lowest BCUT2D eigenvalue weighted by molar-refractivity contribution is -0.122. The molecule has 8 heteroatoms. The Hall–Kier alpha value is -1.48. The predicted octanol–water partition coefficient (Wildman–Crippen LogP) is 2.97. The van der Waals surface area contributed by atoms with Gasteiger partial charge in [0.1, 0.15) is 16.7 Å². The number of nitrogens with one attached hydrogen (secondary N) is 1. The molecule has 7 nitrogen and oxygen atoms in total. The van der Waals surface area contributed by atoms with Crippen LogP contribution in [-0.4, -0.2) is 90.7 Å². The van der Waals surface area contributed by atoms with Gasteiger partial charge in [-0.2, -0.15) is 0 Å². The van der Waals surface area contributed by atoms with E-state index in [-0.39, 0.29) is 11.9 Å². The highest BCUT2D eigenvalue weighted by molar-refractivity contribution is 7.82. The highest BCUT2D eigenvalue weighted by Crippen LogP contribution is 2.28. The second-order valence-electron chi connectivity index (χ2n) is 10.4. The smallest absolute Gasteiger partial charge is 0.221 e. The molecule has 1 heterocycles. The molecule has 2 aliphatic rings. The van der Waals surface area contributed by atoms with Crippen molar-refractivity contribution < 1.29 is 13.7 Å². The summed E-state index contributed by atoms with van der Waals surface area (Å²) in [6, 6.07) is 4.78. The summed E-state index contributed by atoms with van der Waals surface area (Å²) in [5, 5.41) is 3.23. The Kier molecular flexibility index (Phi) is 9.95. The van der Waals surface area contributed by atoms with Gasteiger partial charge in [-0.15, -0.1) is 0 Å². The number of benzene rings is 1. The molecule has 0 bridgehead atoms. The Morgan fingerprint density at radius 1 is 1.12 bits per heavy atom. The van der Waals surface area contributed by atoms with Crippen molar-refractivity contribution in [2.45, 2.75) is 69.4 Å². The topological polar surface area (TPSA) is 65.1 Å². The molecule has 1 aromatic rings. The van der Waals surface area contributed by atoms with Gasteiger partial charge in [0.2, 0.25) is 5.91 Å². The van der Waals surface area contributed by atoms with E-state index >= 15 is 0 Å². The summed E-state index contributed by atoms with van der Waals surface area (Å²) < 4.78 is 20.1. The molecule has 2 atom stereocenters. The van der Waals surface area contributed by atoms with Crippen molar-refractivity contribution in [1.29, 1.82) is 0 Å². The summed E-state index contributed by atoms with van der Waals surface area (Å²) in [7, 11) is 6.50. The van der Waals surface area contributed by atoms with Crippen LogP contribution in [0.25, 0.3) is 0 Å². The quantitative estimate of drug-likeness (QED) is 0.544. The molecule has 192 valence electrons. The van der Waals surface area contributed by atoms with E-state index in [1.807, 2.05) is 33.0 Å². The second kappa shape index (κ2) is 12.5. The molecular weight excluding hydrogens is 448 g/mol. The van der Waals surface area contributed by atoms with Gasteiger partial charge in [-0.3, -0.25) is 4.79 Å². The highest BCUT2D eigenvalue weighted by atomic mass is 32.2. The van der Waals surface area contributed by atoms with Gasteiger partial charge in [0.15, 0.2) is 0 Å². The molecule has 1 saturated heterocycles. The third kappa shape index (κ3) is 7.26. The normalized spacial score (nSPS) is 24.5. The van der Waals surface area contributed by atoms with E-state index < -0.39 is 11.0 Å². The maximum absolute atomic E-state index is 13.1. The summed E-state index contributed by atoms with van der Waals surface area (Å²) in [6.07, 6.45) is 6.13. The number of rotatable bonds is 10. The van der Waals surface area contributed by atoms with E-state index in [1.165, 1.54) is 38.9 Å². The first-order valence-corrected chi connectivity index (χ1v) is 13.7. The summed E-state index contributed by atoms with van der Waals surface area (Å²) in [5.41, 5.74) is 1.88. The second-order valence-corrected chi connectivity index (χ2v) is 11.9. The van der Waals surface area contributed by atoms with E-state index in [2.05, 4.69) is 29.2 Å². The maximum Gasteiger partial charge on any atom is 0.221 e. The minimum atomic E-state index is -1.31. The highest BCUT2D eigenvalue weighted by Gasteiger charge is 2.28. The van der Waals surface area contributed by atoms with Crippen LogP contribution in [0.3, 0.4) is 0 Å². The number of likely N-dealkylation sites (tertiary alicyclic amines) is 1. The van der Waals surface area contributed by atoms with Crippen LogP contribution in [-0.2, 0) is 15.8 Å². The molecule has 2 fully saturated rings. The molecule has 1 aliphatic carbocycles. The number of nitrogens with zero attached hydrogens (tertiary/aromatic N) is 3. The number of amides is 1. The van der Waals surface area contributed by atoms with Gasteiger partial charge in [0.05, 0.1) is 12.0 Å². The number of carbonyl (C=O) groups excluding carboxylic acids is 1. The molecule has 1 saturated carbocycles. The van der Waals surface area contributed by atoms with Crippen molar-refractivity contribution in [3.63, 3.8) is 0 Å². The first-order chi connectivity index (χ1) is 16.2. The van der Waals surface area contributed by atoms with Crippen molar-refractivity contribution in [3.05, 3.63) is 23.3 Å². The Morgan fingerprint density at radius 2 is 1.76 bits per heavy atom. The maximum atomic E-state index is 13.1. The van der Waals surface area contributed by atoms with Crippen LogP contribution in [0.5, 0.6) is 5.75 Å². The minimum Gasteiger partial charge on any atom is -0.497 e. The summed E-state index contributed by atoms with van der Waals surface area (Å²) in [6.45, 7) is 7.96. The van der Waals surface area contributed by atoms with E-state index in [0.29, 0.717) is 19.0 Å². The number of carbonyl (C=O) groups is 1. The Labute approximate surface area is 208 Å². The summed E-state index contributed by atoms with van der Waals surface area (Å²) >= 11 is 0. The Morgan fingerprint density at radius 3 is 2.32 bits per heavy atom. The van der Waals surface area contributed by atoms with Gasteiger partial charge in [-0.1, -0.05) is 0 Å². The molecular formula is C26H44N4O3S. The first-order valence-electron chi connectivity index (χ1n) is 12.6. The average Bonchev–Trinajstić information content (AvgIpc) is 3.27. The van der Waals surface area contributed by atoms with Gasteiger partial charge >= 0.3 is 0 Å². The lowest BCUT2D eigenvalue weighted by atomic mass is 9.85. The lowest BCUT2D eigenvalue weighted by Gasteiger charge is -2.32. The third-order valence-corrected chi connectivity index (χ3v) is 9.23. The molecule has 34 heavy (non-hydrogen) atoms. The van der Waals surface area contributed by atoms with E-state index in [9.17, 15) is 9.00 Å². The molecule has 1 aromatic carbocycles. The molecule has 0 aromatic heterocycles. The molecule has 0 spiro atoms. The van der Waals surface area contributed by atoms with Crippen molar-refractivity contribution in [2.75, 3.05) is 54.4 Å². The molecule has 1 aliphatic heterocycles. The standard InChI is InChI=1S/C26H44N4O3S/c1-19-15-24(33-6)16-20(2)26(19)34(32)29(5)13-12-25(31)27-22-9-7-21(8-10-22)17-30-14-11-23(18-30)28(3)4/h15-16,21-23H,7-14,17-18H2,1-6H3,(H,27,31). The SMILES string of the molecule is COc1cc(C)c(S(=O)N(C)CCC(=O)NC2CCC(CN3CCC(N(C)C)C3)CC2)c(C)c1. The van der Waals surface area contributed by atoms with Crippen LogP contribution in [0.1, 0.15) is 49.7 Å². The number of hydrogen-bond acceptors (Lipinski definition) is 5. The van der Waals surface area contributed by atoms with E-state index in [4.69, 9.17) is 4.74 Å². The van der Waals surface area contributed by atoms with Crippen LogP contribution in [0.15, 0.2) is 17.0 Å². The van der Waals surface area contributed by atoms with Gasteiger partial charge in [0.25, 0.3) is 0 Å². The zero-order chi connectivity index (χ0) is 24.8. The zero-order valence-corrected chi connectivity index (χ0v) is 22.7. The fraction of sp³-hybridized carbons (Fsp3) is 0.731. The Balaban J connectivity index is 1.38. The number of hydrogen-bond donors (Lipinski definition) is 1. The molecule has 3 rings (SSSR count). The largest absolute Gasteiger partial charge is 0.497 e. The molecule has 0 radical (unpaired) electrons. The van der Waals surface area contributed by atoms with Crippen molar-refractivity contribution in [2.24, 2.45) is 5.92 Å². The molecule has 1 amide bonds. The van der Waals surface area contributed by atoms with Gasteiger partial charge in [0, 0.05) is 45.2 Å². The number of aryl methyl sites for hydroxylation is 2. The van der Waals surface area contributed by atoms with E-state index in [0.717, 1.165) is 40.5 Å². The van der Waals surface area contributed by atoms with Crippen LogP contribution in [0.2, 0.25) is 0 Å². The summed E-state index contributed by atoms with van der Waals surface area (Å²) in [4.78, 5) is 18.4. The number of ether oxygens (including phenoxy) is 1. The monoisotopic (exact) mass is 492 g/mol. The van der Waals surface area contributed by atoms with Gasteiger partial charge in [-0.25, -0.2) is 8.51 Å². The van der Waals surface area contributed by atoms with Crippen LogP contribution >= 0.6 is 0 Å².